The standard InChI is InChI=1S/C25H23NO6/c1-30-21-12-11-15(13-22(21)31-2)23(24(27)28)26-25(29)32-14-20-18-9-5-3-7-16(18)17-8-4-6-10-19(17)20/h3-13,20,23H,14H2,1-2H3,(H,26,29)(H,27,28). The molecule has 7 heteroatoms. The molecule has 0 aromatic heterocycles. The molecule has 164 valence electrons. The van der Waals surface area contributed by atoms with Gasteiger partial charge in [0.05, 0.1) is 14.2 Å². The third kappa shape index (κ3) is 3.97. The molecule has 3 aromatic carbocycles. The van der Waals surface area contributed by atoms with Gasteiger partial charge in [-0.1, -0.05) is 54.6 Å². The molecule has 3 aromatic rings. The molecule has 7 nitrogen and oxygen atoms in total. The fourth-order valence-electron chi connectivity index (χ4n) is 4.08. The molecule has 4 rings (SSSR count). The largest absolute Gasteiger partial charge is 0.493 e. The van der Waals surface area contributed by atoms with Crippen LogP contribution in [0.5, 0.6) is 11.5 Å². The van der Waals surface area contributed by atoms with E-state index in [1.54, 1.807) is 12.1 Å². The van der Waals surface area contributed by atoms with Gasteiger partial charge in [-0.15, -0.1) is 0 Å². The minimum Gasteiger partial charge on any atom is -0.493 e. The van der Waals surface area contributed by atoms with Gasteiger partial charge in [0.25, 0.3) is 0 Å². The summed E-state index contributed by atoms with van der Waals surface area (Å²) in [5, 5.41) is 12.1. The topological polar surface area (TPSA) is 94.1 Å². The number of carbonyl (C=O) groups excluding carboxylic acids is 1. The molecule has 1 unspecified atom stereocenters. The lowest BCUT2D eigenvalue weighted by molar-refractivity contribution is -0.139. The molecule has 2 N–H and O–H groups in total. The molecule has 0 heterocycles. The van der Waals surface area contributed by atoms with Gasteiger partial charge in [-0.05, 0) is 39.9 Å². The molecule has 32 heavy (non-hydrogen) atoms. The summed E-state index contributed by atoms with van der Waals surface area (Å²) in [6, 6.07) is 19.4. The lowest BCUT2D eigenvalue weighted by Gasteiger charge is -2.18. The molecule has 0 saturated heterocycles. The molecule has 0 spiro atoms. The number of hydrogen-bond acceptors (Lipinski definition) is 5. The number of amides is 1. The first-order valence-electron chi connectivity index (χ1n) is 10.1. The average Bonchev–Trinajstić information content (AvgIpc) is 3.14. The highest BCUT2D eigenvalue weighted by Gasteiger charge is 2.30. The van der Waals surface area contributed by atoms with Crippen molar-refractivity contribution in [1.82, 2.24) is 5.32 Å². The second kappa shape index (κ2) is 9.01. The molecule has 1 atom stereocenters. The van der Waals surface area contributed by atoms with E-state index in [4.69, 9.17) is 14.2 Å². The van der Waals surface area contributed by atoms with Crippen molar-refractivity contribution in [1.29, 1.82) is 0 Å². The Balaban J connectivity index is 1.49. The van der Waals surface area contributed by atoms with Crippen molar-refractivity contribution in [3.8, 4) is 22.6 Å². The summed E-state index contributed by atoms with van der Waals surface area (Å²) in [6.07, 6.45) is -0.811. The normalized spacial score (nSPS) is 12.9. The molecule has 1 amide bonds. The van der Waals surface area contributed by atoms with E-state index >= 15 is 0 Å². The van der Waals surface area contributed by atoms with Crippen LogP contribution in [0.25, 0.3) is 11.1 Å². The number of rotatable bonds is 7. The van der Waals surface area contributed by atoms with Gasteiger partial charge in [-0.25, -0.2) is 9.59 Å². The molecule has 1 aliphatic carbocycles. The van der Waals surface area contributed by atoms with Gasteiger partial charge in [0.1, 0.15) is 6.61 Å². The third-order valence-corrected chi connectivity index (χ3v) is 5.59. The van der Waals surface area contributed by atoms with Crippen LogP contribution in [-0.2, 0) is 9.53 Å². The Kier molecular flexibility index (Phi) is 5.98. The van der Waals surface area contributed by atoms with E-state index < -0.39 is 18.1 Å². The van der Waals surface area contributed by atoms with Crippen molar-refractivity contribution in [3.63, 3.8) is 0 Å². The van der Waals surface area contributed by atoms with E-state index in [9.17, 15) is 14.7 Å². The number of nitrogens with one attached hydrogen (secondary N) is 1. The molecule has 0 fully saturated rings. The lowest BCUT2D eigenvalue weighted by Crippen LogP contribution is -2.34. The van der Waals surface area contributed by atoms with Crippen LogP contribution in [0.2, 0.25) is 0 Å². The number of ether oxygens (including phenoxy) is 3. The minimum atomic E-state index is -1.30. The maximum absolute atomic E-state index is 12.5. The monoisotopic (exact) mass is 433 g/mol. The SMILES string of the molecule is COc1ccc(C(NC(=O)OCC2c3ccccc3-c3ccccc32)C(=O)O)cc1OC. The van der Waals surface area contributed by atoms with E-state index in [-0.39, 0.29) is 12.5 Å². The second-order valence-electron chi connectivity index (χ2n) is 7.36. The van der Waals surface area contributed by atoms with Crippen molar-refractivity contribution in [2.75, 3.05) is 20.8 Å². The van der Waals surface area contributed by atoms with Crippen molar-refractivity contribution in [2.45, 2.75) is 12.0 Å². The molecule has 0 aliphatic heterocycles. The van der Waals surface area contributed by atoms with Crippen LogP contribution >= 0.6 is 0 Å². The summed E-state index contributed by atoms with van der Waals surface area (Å²) in [6.45, 7) is 0.0954. The average molecular weight is 433 g/mol. The lowest BCUT2D eigenvalue weighted by atomic mass is 9.98. The number of hydrogen-bond donors (Lipinski definition) is 2. The van der Waals surface area contributed by atoms with Gasteiger partial charge in [0.15, 0.2) is 17.5 Å². The minimum absolute atomic E-state index is 0.0954. The summed E-state index contributed by atoms with van der Waals surface area (Å²) < 4.78 is 15.9. The summed E-state index contributed by atoms with van der Waals surface area (Å²) in [4.78, 5) is 24.4. The van der Waals surface area contributed by atoms with Gasteiger partial charge in [0.2, 0.25) is 0 Å². The van der Waals surface area contributed by atoms with Crippen molar-refractivity contribution >= 4 is 12.1 Å². The quantitative estimate of drug-likeness (QED) is 0.575. The number of aliphatic carboxylic acids is 1. The zero-order valence-electron chi connectivity index (χ0n) is 17.7. The van der Waals surface area contributed by atoms with E-state index in [1.807, 2.05) is 48.5 Å². The molecule has 0 saturated carbocycles. The van der Waals surface area contributed by atoms with Crippen LogP contribution in [0.3, 0.4) is 0 Å². The van der Waals surface area contributed by atoms with Crippen molar-refractivity contribution in [2.24, 2.45) is 0 Å². The zero-order valence-corrected chi connectivity index (χ0v) is 17.7. The van der Waals surface area contributed by atoms with Crippen LogP contribution in [0, 0.1) is 0 Å². The van der Waals surface area contributed by atoms with Crippen molar-refractivity contribution < 1.29 is 28.9 Å². The number of alkyl carbamates (subject to hydrolysis) is 1. The van der Waals surface area contributed by atoms with Gasteiger partial charge < -0.3 is 24.6 Å². The van der Waals surface area contributed by atoms with Crippen LogP contribution in [0.15, 0.2) is 66.7 Å². The van der Waals surface area contributed by atoms with E-state index in [0.717, 1.165) is 22.3 Å². The Labute approximate surface area is 185 Å². The summed E-state index contributed by atoms with van der Waals surface area (Å²) in [7, 11) is 2.94. The van der Waals surface area contributed by atoms with Gasteiger partial charge in [-0.3, -0.25) is 0 Å². The number of fused-ring (bicyclic) bond motifs is 3. The Morgan fingerprint density at radius 3 is 2.06 bits per heavy atom. The Morgan fingerprint density at radius 2 is 1.50 bits per heavy atom. The first-order valence-corrected chi connectivity index (χ1v) is 10.1. The van der Waals surface area contributed by atoms with E-state index in [1.165, 1.54) is 20.3 Å². The smallest absolute Gasteiger partial charge is 0.408 e. The second-order valence-corrected chi connectivity index (χ2v) is 7.36. The van der Waals surface area contributed by atoms with Gasteiger partial charge in [-0.2, -0.15) is 0 Å². The summed E-state index contributed by atoms with van der Waals surface area (Å²) in [5.74, 6) is -0.504. The maximum atomic E-state index is 12.5. The highest BCUT2D eigenvalue weighted by molar-refractivity contribution is 5.82. The highest BCUT2D eigenvalue weighted by atomic mass is 16.5. The van der Waals surface area contributed by atoms with Crippen LogP contribution in [-0.4, -0.2) is 38.0 Å². The van der Waals surface area contributed by atoms with Crippen LogP contribution in [0.1, 0.15) is 28.7 Å². The fraction of sp³-hybridized carbons (Fsp3) is 0.200. The Morgan fingerprint density at radius 1 is 0.906 bits per heavy atom. The number of carbonyl (C=O) groups is 2. The number of benzene rings is 3. The van der Waals surface area contributed by atoms with E-state index in [2.05, 4.69) is 5.32 Å². The molecular formula is C25H23NO6. The first kappa shape index (κ1) is 21.2. The molecule has 1 aliphatic rings. The fourth-order valence-corrected chi connectivity index (χ4v) is 4.08. The maximum Gasteiger partial charge on any atom is 0.408 e. The van der Waals surface area contributed by atoms with Gasteiger partial charge >= 0.3 is 12.1 Å². The third-order valence-electron chi connectivity index (χ3n) is 5.59. The number of carboxylic acid groups (broad SMARTS) is 1. The van der Waals surface area contributed by atoms with Gasteiger partial charge in [0, 0.05) is 5.92 Å². The predicted molar refractivity (Wildman–Crippen MR) is 118 cm³/mol. The Bertz CT molecular complexity index is 1110. The highest BCUT2D eigenvalue weighted by Crippen LogP contribution is 2.44. The first-order chi connectivity index (χ1) is 15.5. The molecule has 0 radical (unpaired) electrons. The summed E-state index contributed by atoms with van der Waals surface area (Å²) in [5.41, 5.74) is 4.73. The van der Waals surface area contributed by atoms with Crippen LogP contribution < -0.4 is 14.8 Å². The van der Waals surface area contributed by atoms with E-state index in [0.29, 0.717) is 17.1 Å². The molecular weight excluding hydrogens is 410 g/mol. The zero-order chi connectivity index (χ0) is 22.7. The Hall–Kier alpha value is -4.00. The van der Waals surface area contributed by atoms with Crippen LogP contribution in [0.4, 0.5) is 4.79 Å². The summed E-state index contributed by atoms with van der Waals surface area (Å²) >= 11 is 0. The predicted octanol–water partition coefficient (Wildman–Crippen LogP) is 4.37. The molecule has 0 bridgehead atoms. The van der Waals surface area contributed by atoms with Crippen molar-refractivity contribution in [3.05, 3.63) is 83.4 Å². The number of methoxy groups -OCH3 is 2. The number of carboxylic acids is 1.